The van der Waals surface area contributed by atoms with E-state index in [1.54, 1.807) is 31.5 Å². The Labute approximate surface area is 186 Å². The highest BCUT2D eigenvalue weighted by Crippen LogP contribution is 2.33. The maximum atomic E-state index is 13.8. The van der Waals surface area contributed by atoms with Crippen molar-refractivity contribution in [1.82, 2.24) is 14.9 Å². The first-order chi connectivity index (χ1) is 15.5. The zero-order valence-corrected chi connectivity index (χ0v) is 17.9. The summed E-state index contributed by atoms with van der Waals surface area (Å²) in [6, 6.07) is 13.6. The molecule has 0 spiro atoms. The first-order valence-corrected chi connectivity index (χ1v) is 10.6. The van der Waals surface area contributed by atoms with Crippen LogP contribution in [0.4, 0.5) is 16.0 Å². The van der Waals surface area contributed by atoms with Crippen molar-refractivity contribution >= 4 is 17.5 Å². The third-order valence-electron chi connectivity index (χ3n) is 5.61. The number of nitrogens with two attached hydrogens (primary N) is 1. The lowest BCUT2D eigenvalue weighted by Gasteiger charge is -2.32. The number of halogens is 1. The number of aromatic nitrogens is 2. The fourth-order valence-corrected chi connectivity index (χ4v) is 4.10. The summed E-state index contributed by atoms with van der Waals surface area (Å²) < 4.78 is 19.0. The second kappa shape index (κ2) is 9.74. The van der Waals surface area contributed by atoms with Gasteiger partial charge in [-0.05, 0) is 61.3 Å². The van der Waals surface area contributed by atoms with E-state index in [1.807, 2.05) is 18.2 Å². The smallest absolute Gasteiger partial charge is 0.238 e. The highest BCUT2D eigenvalue weighted by molar-refractivity contribution is 5.92. The average Bonchev–Trinajstić information content (AvgIpc) is 2.79. The summed E-state index contributed by atoms with van der Waals surface area (Å²) in [5, 5.41) is 2.92. The molecular formula is C24H26FN5O2. The van der Waals surface area contributed by atoms with Gasteiger partial charge in [0.15, 0.2) is 0 Å². The van der Waals surface area contributed by atoms with E-state index in [4.69, 9.17) is 10.5 Å². The SMILES string of the molecule is COc1ccc(NC(=O)CN2CCC[C@H](c3nc(N)ncc3-c3cccc(F)c3)C2)cc1. The van der Waals surface area contributed by atoms with E-state index >= 15 is 0 Å². The minimum Gasteiger partial charge on any atom is -0.497 e. The number of likely N-dealkylation sites (tertiary alicyclic amines) is 1. The van der Waals surface area contributed by atoms with Gasteiger partial charge >= 0.3 is 0 Å². The lowest BCUT2D eigenvalue weighted by Crippen LogP contribution is -2.40. The van der Waals surface area contributed by atoms with Crippen LogP contribution in [0.3, 0.4) is 0 Å². The summed E-state index contributed by atoms with van der Waals surface area (Å²) >= 11 is 0. The van der Waals surface area contributed by atoms with Gasteiger partial charge in [0.2, 0.25) is 11.9 Å². The monoisotopic (exact) mass is 435 g/mol. The first-order valence-electron chi connectivity index (χ1n) is 10.6. The van der Waals surface area contributed by atoms with Crippen LogP contribution in [0.25, 0.3) is 11.1 Å². The molecule has 4 rings (SSSR count). The summed E-state index contributed by atoms with van der Waals surface area (Å²) in [7, 11) is 1.60. The number of nitrogens with zero attached hydrogens (tertiary/aromatic N) is 3. The highest BCUT2D eigenvalue weighted by atomic mass is 19.1. The van der Waals surface area contributed by atoms with Gasteiger partial charge in [-0.3, -0.25) is 9.69 Å². The molecule has 0 saturated carbocycles. The van der Waals surface area contributed by atoms with Gasteiger partial charge in [-0.25, -0.2) is 14.4 Å². The van der Waals surface area contributed by atoms with Crippen LogP contribution in [0.15, 0.2) is 54.7 Å². The molecule has 3 aromatic rings. The Morgan fingerprint density at radius 1 is 1.28 bits per heavy atom. The average molecular weight is 436 g/mol. The van der Waals surface area contributed by atoms with E-state index in [-0.39, 0.29) is 30.1 Å². The molecule has 0 bridgehead atoms. The summed E-state index contributed by atoms with van der Waals surface area (Å²) in [6.45, 7) is 1.76. The van der Waals surface area contributed by atoms with Gasteiger partial charge < -0.3 is 15.8 Å². The molecule has 0 aliphatic carbocycles. The summed E-state index contributed by atoms with van der Waals surface area (Å²) in [5.74, 6) is 0.602. The molecule has 1 saturated heterocycles. The van der Waals surface area contributed by atoms with E-state index in [9.17, 15) is 9.18 Å². The number of benzene rings is 2. The molecule has 8 heteroatoms. The van der Waals surface area contributed by atoms with Gasteiger partial charge in [-0.2, -0.15) is 0 Å². The second-order valence-electron chi connectivity index (χ2n) is 7.89. The molecule has 2 aromatic carbocycles. The van der Waals surface area contributed by atoms with Gasteiger partial charge in [0.05, 0.1) is 19.3 Å². The minimum absolute atomic E-state index is 0.0705. The van der Waals surface area contributed by atoms with Crippen LogP contribution in [-0.4, -0.2) is 47.5 Å². The molecule has 1 aromatic heterocycles. The number of hydrogen-bond acceptors (Lipinski definition) is 6. The number of ether oxygens (including phenoxy) is 1. The van der Waals surface area contributed by atoms with Gasteiger partial charge in [-0.1, -0.05) is 12.1 Å². The van der Waals surface area contributed by atoms with E-state index in [2.05, 4.69) is 20.2 Å². The lowest BCUT2D eigenvalue weighted by molar-refractivity contribution is -0.117. The Hall–Kier alpha value is -3.52. The molecule has 0 radical (unpaired) electrons. The molecule has 7 nitrogen and oxygen atoms in total. The number of amides is 1. The Bertz CT molecular complexity index is 1090. The molecular weight excluding hydrogens is 409 g/mol. The predicted molar refractivity (Wildman–Crippen MR) is 122 cm³/mol. The van der Waals surface area contributed by atoms with Gasteiger partial charge in [-0.15, -0.1) is 0 Å². The normalized spacial score (nSPS) is 16.5. The molecule has 1 aliphatic heterocycles. The molecule has 3 N–H and O–H groups in total. The maximum absolute atomic E-state index is 13.8. The van der Waals surface area contributed by atoms with Crippen molar-refractivity contribution in [3.63, 3.8) is 0 Å². The largest absolute Gasteiger partial charge is 0.497 e. The van der Waals surface area contributed by atoms with Crippen LogP contribution in [0.2, 0.25) is 0 Å². The number of piperidine rings is 1. The van der Waals surface area contributed by atoms with Crippen molar-refractivity contribution in [2.75, 3.05) is 37.8 Å². The topological polar surface area (TPSA) is 93.4 Å². The first kappa shape index (κ1) is 21.7. The van der Waals surface area contributed by atoms with Gasteiger partial charge in [0.25, 0.3) is 0 Å². The van der Waals surface area contributed by atoms with Crippen LogP contribution in [0, 0.1) is 5.82 Å². The summed E-state index contributed by atoms with van der Waals surface area (Å²) in [5.41, 5.74) is 8.89. The zero-order chi connectivity index (χ0) is 22.5. The van der Waals surface area contributed by atoms with Crippen molar-refractivity contribution < 1.29 is 13.9 Å². The summed E-state index contributed by atoms with van der Waals surface area (Å²) in [4.78, 5) is 23.3. The van der Waals surface area contributed by atoms with E-state index < -0.39 is 0 Å². The van der Waals surface area contributed by atoms with E-state index in [1.165, 1.54) is 12.1 Å². The van der Waals surface area contributed by atoms with Crippen LogP contribution in [0.5, 0.6) is 5.75 Å². The Morgan fingerprint density at radius 2 is 2.09 bits per heavy atom. The second-order valence-corrected chi connectivity index (χ2v) is 7.89. The molecule has 166 valence electrons. The lowest BCUT2D eigenvalue weighted by atomic mass is 9.90. The molecule has 1 amide bonds. The van der Waals surface area contributed by atoms with Gasteiger partial charge in [0, 0.05) is 29.9 Å². The number of nitrogens with one attached hydrogen (secondary N) is 1. The number of carbonyl (C=O) groups is 1. The van der Waals surface area contributed by atoms with Crippen LogP contribution in [0.1, 0.15) is 24.5 Å². The zero-order valence-electron chi connectivity index (χ0n) is 17.9. The van der Waals surface area contributed by atoms with Crippen LogP contribution >= 0.6 is 0 Å². The van der Waals surface area contributed by atoms with Crippen molar-refractivity contribution in [2.24, 2.45) is 0 Å². The summed E-state index contributed by atoms with van der Waals surface area (Å²) in [6.07, 6.45) is 3.49. The fraction of sp³-hybridized carbons (Fsp3) is 0.292. The number of rotatable bonds is 6. The predicted octanol–water partition coefficient (Wildman–Crippen LogP) is 3.69. The minimum atomic E-state index is -0.314. The van der Waals surface area contributed by atoms with Crippen molar-refractivity contribution in [3.05, 3.63) is 66.2 Å². The number of anilines is 2. The molecule has 1 atom stereocenters. The number of carbonyl (C=O) groups excluding carboxylic acids is 1. The molecule has 2 heterocycles. The van der Waals surface area contributed by atoms with Crippen LogP contribution < -0.4 is 15.8 Å². The third kappa shape index (κ3) is 5.20. The molecule has 32 heavy (non-hydrogen) atoms. The number of hydrogen-bond donors (Lipinski definition) is 2. The molecule has 1 fully saturated rings. The van der Waals surface area contributed by atoms with Crippen molar-refractivity contribution in [2.45, 2.75) is 18.8 Å². The quantitative estimate of drug-likeness (QED) is 0.613. The van der Waals surface area contributed by atoms with E-state index in [0.29, 0.717) is 6.54 Å². The highest BCUT2D eigenvalue weighted by Gasteiger charge is 2.26. The standard InChI is InChI=1S/C24H26FN5O2/c1-32-20-9-7-19(8-10-20)28-22(31)15-30-11-3-5-17(14-30)23-21(13-27-24(26)29-23)16-4-2-6-18(25)12-16/h2,4,6-10,12-13,17H,3,5,11,14-15H2,1H3,(H,28,31)(H2,26,27,29)/t17-/m0/s1. The fourth-order valence-electron chi connectivity index (χ4n) is 4.10. The van der Waals surface area contributed by atoms with Gasteiger partial charge in [0.1, 0.15) is 11.6 Å². The third-order valence-corrected chi connectivity index (χ3v) is 5.61. The van der Waals surface area contributed by atoms with E-state index in [0.717, 1.165) is 47.6 Å². The Balaban J connectivity index is 1.47. The van der Waals surface area contributed by atoms with Crippen LogP contribution in [-0.2, 0) is 4.79 Å². The Morgan fingerprint density at radius 3 is 2.84 bits per heavy atom. The molecule has 0 unspecified atom stereocenters. The maximum Gasteiger partial charge on any atom is 0.238 e. The molecule has 1 aliphatic rings. The number of nitrogen functional groups attached to an aromatic ring is 1. The van der Waals surface area contributed by atoms with Crippen molar-refractivity contribution in [3.8, 4) is 16.9 Å². The van der Waals surface area contributed by atoms with Crippen molar-refractivity contribution in [1.29, 1.82) is 0 Å². The Kier molecular flexibility index (Phi) is 6.61. The number of methoxy groups -OCH3 is 1.